The fraction of sp³-hybridized carbons (Fsp3) is 0.824. The lowest BCUT2D eigenvalue weighted by atomic mass is 9.93. The first-order valence-electron chi connectivity index (χ1n) is 8.75. The molecule has 0 saturated carbocycles. The average molecular weight is 497 g/mol. The van der Waals surface area contributed by atoms with Crippen LogP contribution in [-0.2, 0) is 14.4 Å². The zero-order valence-corrected chi connectivity index (χ0v) is 20.1. The Labute approximate surface area is 193 Å². The van der Waals surface area contributed by atoms with E-state index in [1.807, 2.05) is 0 Å². The normalized spacial score (nSPS) is 13.0. The third kappa shape index (κ3) is 34.8. The molecular weight excluding hydrogens is 460 g/mol. The number of rotatable bonds is 10. The van der Waals surface area contributed by atoms with Crippen molar-refractivity contribution in [2.24, 2.45) is 5.41 Å². The van der Waals surface area contributed by atoms with Gasteiger partial charge >= 0.3 is 17.9 Å². The highest BCUT2D eigenvalue weighted by molar-refractivity contribution is 7.81. The van der Waals surface area contributed by atoms with Crippen molar-refractivity contribution in [1.29, 1.82) is 0 Å². The number of hydrogen-bond acceptors (Lipinski definition) is 10. The summed E-state index contributed by atoms with van der Waals surface area (Å²) in [5.41, 5.74) is -1.11. The molecule has 0 bridgehead atoms. The standard InChI is InChI=1S/C5H12O4.3C4H8O2S/c6-1-5(2-7,3-8)4-9;3*1-3(7)2-4(5)6/h6-9H,1-4H2;3*3,7H,2H2,1H3,(H,5,6). The van der Waals surface area contributed by atoms with E-state index < -0.39 is 49.8 Å². The molecule has 0 aromatic heterocycles. The number of carbonyl (C=O) groups is 3. The topological polar surface area (TPSA) is 193 Å². The zero-order valence-electron chi connectivity index (χ0n) is 17.4. The molecule has 0 amide bonds. The Kier molecular flexibility index (Phi) is 28.1. The Bertz CT molecular complexity index is 376. The molecule has 0 spiro atoms. The van der Waals surface area contributed by atoms with Gasteiger partial charge in [0.1, 0.15) is 0 Å². The maximum absolute atomic E-state index is 9.76. The van der Waals surface area contributed by atoms with Crippen molar-refractivity contribution in [3.8, 4) is 0 Å². The molecular formula is C17H36O10S3. The summed E-state index contributed by atoms with van der Waals surface area (Å²) in [6.07, 6.45) is 0.426. The summed E-state index contributed by atoms with van der Waals surface area (Å²) in [5, 5.41) is 58.0. The minimum atomic E-state index is -1.11. The Hall–Kier alpha value is -0.700. The van der Waals surface area contributed by atoms with Crippen LogP contribution < -0.4 is 0 Å². The summed E-state index contributed by atoms with van der Waals surface area (Å²) in [6, 6.07) is 0. The van der Waals surface area contributed by atoms with Crippen molar-refractivity contribution in [2.75, 3.05) is 26.4 Å². The van der Waals surface area contributed by atoms with Crippen LogP contribution in [0.2, 0.25) is 0 Å². The smallest absolute Gasteiger partial charge is 0.304 e. The van der Waals surface area contributed by atoms with E-state index in [0.717, 1.165) is 0 Å². The number of hydrogen-bond donors (Lipinski definition) is 10. The van der Waals surface area contributed by atoms with Gasteiger partial charge < -0.3 is 35.7 Å². The molecule has 0 fully saturated rings. The molecule has 0 heterocycles. The van der Waals surface area contributed by atoms with E-state index in [4.69, 9.17) is 35.7 Å². The second-order valence-electron chi connectivity index (χ2n) is 6.47. The van der Waals surface area contributed by atoms with E-state index in [9.17, 15) is 14.4 Å². The maximum Gasteiger partial charge on any atom is 0.304 e. The molecule has 13 heteroatoms. The SMILES string of the molecule is CC(S)CC(=O)O.CC(S)CC(=O)O.CC(S)CC(=O)O.OCC(CO)(CO)CO. The Morgan fingerprint density at radius 3 is 0.767 bits per heavy atom. The Morgan fingerprint density at radius 2 is 0.767 bits per heavy atom. The van der Waals surface area contributed by atoms with Gasteiger partial charge in [-0.3, -0.25) is 14.4 Å². The minimum Gasteiger partial charge on any atom is -0.481 e. The molecule has 3 atom stereocenters. The van der Waals surface area contributed by atoms with Gasteiger partial charge in [0.05, 0.1) is 51.1 Å². The van der Waals surface area contributed by atoms with Gasteiger partial charge in [-0.2, -0.15) is 37.9 Å². The fourth-order valence-corrected chi connectivity index (χ4v) is 1.53. The average Bonchev–Trinajstić information content (AvgIpc) is 2.55. The molecule has 0 aliphatic carbocycles. The van der Waals surface area contributed by atoms with Crippen molar-refractivity contribution in [1.82, 2.24) is 0 Å². The van der Waals surface area contributed by atoms with E-state index in [1.54, 1.807) is 20.8 Å². The molecule has 0 rings (SSSR count). The van der Waals surface area contributed by atoms with Gasteiger partial charge in [0.2, 0.25) is 0 Å². The van der Waals surface area contributed by atoms with Gasteiger partial charge in [0.15, 0.2) is 0 Å². The number of aliphatic hydroxyl groups is 4. The summed E-state index contributed by atoms with van der Waals surface area (Å²) in [5.74, 6) is -2.37. The van der Waals surface area contributed by atoms with Gasteiger partial charge in [-0.25, -0.2) is 0 Å². The van der Waals surface area contributed by atoms with Crippen LogP contribution in [0.5, 0.6) is 0 Å². The summed E-state index contributed by atoms with van der Waals surface area (Å²) in [7, 11) is 0. The van der Waals surface area contributed by atoms with Crippen LogP contribution >= 0.6 is 37.9 Å². The van der Waals surface area contributed by atoms with E-state index in [-0.39, 0.29) is 35.0 Å². The van der Waals surface area contributed by atoms with Crippen molar-refractivity contribution in [3.05, 3.63) is 0 Å². The van der Waals surface area contributed by atoms with Crippen LogP contribution in [0.25, 0.3) is 0 Å². The monoisotopic (exact) mass is 496 g/mol. The van der Waals surface area contributed by atoms with Crippen LogP contribution in [0.4, 0.5) is 0 Å². The summed E-state index contributed by atoms with van der Waals surface area (Å²) >= 11 is 11.6. The number of carboxylic acid groups (broad SMARTS) is 3. The van der Waals surface area contributed by atoms with Crippen molar-refractivity contribution in [2.45, 2.75) is 55.8 Å². The van der Waals surface area contributed by atoms with Crippen LogP contribution in [0, 0.1) is 5.41 Å². The second-order valence-corrected chi connectivity index (χ2v) is 9.12. The highest BCUT2D eigenvalue weighted by Gasteiger charge is 2.26. The first-order chi connectivity index (χ1) is 13.6. The second kappa shape index (κ2) is 23.0. The molecule has 7 N–H and O–H groups in total. The summed E-state index contributed by atoms with van der Waals surface area (Å²) in [4.78, 5) is 29.3. The molecule has 0 radical (unpaired) electrons. The minimum absolute atomic E-state index is 0.0301. The van der Waals surface area contributed by atoms with Gasteiger partial charge in [0.25, 0.3) is 0 Å². The summed E-state index contributed by atoms with van der Waals surface area (Å²) in [6.45, 7) is 3.62. The molecule has 0 aromatic carbocycles. The maximum atomic E-state index is 9.76. The van der Waals surface area contributed by atoms with Crippen molar-refractivity contribution < 1.29 is 50.1 Å². The molecule has 10 nitrogen and oxygen atoms in total. The number of thiol groups is 3. The van der Waals surface area contributed by atoms with Crippen molar-refractivity contribution >= 4 is 55.8 Å². The van der Waals surface area contributed by atoms with Crippen LogP contribution in [0.3, 0.4) is 0 Å². The lowest BCUT2D eigenvalue weighted by molar-refractivity contribution is -0.137. The Morgan fingerprint density at radius 1 is 0.600 bits per heavy atom. The van der Waals surface area contributed by atoms with E-state index in [2.05, 4.69) is 37.9 Å². The highest BCUT2D eigenvalue weighted by atomic mass is 32.1. The van der Waals surface area contributed by atoms with Gasteiger partial charge in [-0.1, -0.05) is 20.8 Å². The zero-order chi connectivity index (χ0) is 24.9. The molecule has 182 valence electrons. The lowest BCUT2D eigenvalue weighted by Crippen LogP contribution is -2.37. The summed E-state index contributed by atoms with van der Waals surface area (Å²) < 4.78 is 0. The molecule has 30 heavy (non-hydrogen) atoms. The third-order valence-electron chi connectivity index (χ3n) is 2.75. The van der Waals surface area contributed by atoms with E-state index in [0.29, 0.717) is 0 Å². The molecule has 0 saturated heterocycles. The molecule has 0 aliphatic heterocycles. The molecule has 3 unspecified atom stereocenters. The van der Waals surface area contributed by atoms with E-state index >= 15 is 0 Å². The van der Waals surface area contributed by atoms with Gasteiger partial charge in [-0.05, 0) is 0 Å². The lowest BCUT2D eigenvalue weighted by Gasteiger charge is -2.23. The first kappa shape index (κ1) is 36.7. The van der Waals surface area contributed by atoms with Crippen molar-refractivity contribution in [3.63, 3.8) is 0 Å². The highest BCUT2D eigenvalue weighted by Crippen LogP contribution is 2.11. The quantitative estimate of drug-likeness (QED) is 0.188. The fourth-order valence-electron chi connectivity index (χ4n) is 1.06. The van der Waals surface area contributed by atoms with Gasteiger partial charge in [0, 0.05) is 15.7 Å². The third-order valence-corrected chi connectivity index (χ3v) is 3.30. The van der Waals surface area contributed by atoms with E-state index in [1.165, 1.54) is 0 Å². The number of carboxylic acids is 3. The van der Waals surface area contributed by atoms with Crippen LogP contribution in [0.1, 0.15) is 40.0 Å². The predicted molar refractivity (Wildman–Crippen MR) is 123 cm³/mol. The Balaban J connectivity index is -0.000000151. The largest absolute Gasteiger partial charge is 0.481 e. The predicted octanol–water partition coefficient (Wildman–Crippen LogP) is 0.280. The van der Waals surface area contributed by atoms with Gasteiger partial charge in [-0.15, -0.1) is 0 Å². The number of aliphatic carboxylic acids is 3. The molecule has 0 aromatic rings. The van der Waals surface area contributed by atoms with Crippen LogP contribution in [-0.4, -0.2) is 95.8 Å². The number of aliphatic hydroxyl groups excluding tert-OH is 4. The van der Waals surface area contributed by atoms with Crippen LogP contribution in [0.15, 0.2) is 0 Å². The molecule has 0 aliphatic rings. The first-order valence-corrected chi connectivity index (χ1v) is 10.3.